The van der Waals surface area contributed by atoms with Crippen molar-refractivity contribution in [3.63, 3.8) is 0 Å². The Morgan fingerprint density at radius 3 is 1.97 bits per heavy atom. The summed E-state index contributed by atoms with van der Waals surface area (Å²) < 4.78 is 5.84. The number of benzene rings is 3. The third-order valence-corrected chi connectivity index (χ3v) is 7.17. The van der Waals surface area contributed by atoms with Crippen LogP contribution in [0.2, 0.25) is 0 Å². The van der Waals surface area contributed by atoms with Crippen LogP contribution in [0, 0.1) is 0 Å². The maximum absolute atomic E-state index is 6.24. The Hall–Kier alpha value is -2.83. The van der Waals surface area contributed by atoms with Gasteiger partial charge in [0.25, 0.3) is 0 Å². The highest BCUT2D eigenvalue weighted by molar-refractivity contribution is 7.13. The highest BCUT2D eigenvalue weighted by atomic mass is 32.1. The zero-order chi connectivity index (χ0) is 22.0. The second kappa shape index (κ2) is 8.60. The maximum atomic E-state index is 6.24. The fraction of sp³-hybridized carbons (Fsp3) is 0.222. The molecule has 1 aliphatic heterocycles. The van der Waals surface area contributed by atoms with E-state index in [1.54, 1.807) is 18.4 Å². The summed E-state index contributed by atoms with van der Waals surface area (Å²) in [4.78, 5) is 17.3. The molecular weight excluding hydrogens is 418 g/mol. The van der Waals surface area contributed by atoms with E-state index in [0.29, 0.717) is 6.42 Å². The van der Waals surface area contributed by atoms with E-state index >= 15 is 0 Å². The average Bonchev–Trinajstić information content (AvgIpc) is 3.36. The second-order valence-electron chi connectivity index (χ2n) is 8.15. The van der Waals surface area contributed by atoms with Crippen LogP contribution < -0.4 is 0 Å². The SMILES string of the molecule is COC1(C)OOC(c2ccccc2)(c2ccccc2)CC1c1csc(-c2ccccc2)n1. The monoisotopic (exact) mass is 443 g/mol. The van der Waals surface area contributed by atoms with Gasteiger partial charge in [-0.15, -0.1) is 11.3 Å². The molecule has 0 saturated carbocycles. The number of rotatable bonds is 5. The molecule has 1 saturated heterocycles. The van der Waals surface area contributed by atoms with E-state index in [1.165, 1.54) is 0 Å². The van der Waals surface area contributed by atoms with E-state index < -0.39 is 11.4 Å². The molecule has 4 nitrogen and oxygen atoms in total. The molecule has 0 bridgehead atoms. The van der Waals surface area contributed by atoms with Crippen LogP contribution in [-0.2, 0) is 20.1 Å². The normalized spacial score (nSPS) is 22.5. The zero-order valence-electron chi connectivity index (χ0n) is 18.1. The van der Waals surface area contributed by atoms with Crippen LogP contribution in [0.25, 0.3) is 10.6 Å². The fourth-order valence-electron chi connectivity index (χ4n) is 4.34. The lowest BCUT2D eigenvalue weighted by atomic mass is 9.75. The van der Waals surface area contributed by atoms with E-state index in [4.69, 9.17) is 19.5 Å². The summed E-state index contributed by atoms with van der Waals surface area (Å²) in [5, 5.41) is 3.09. The fourth-order valence-corrected chi connectivity index (χ4v) is 5.22. The minimum absolute atomic E-state index is 0.143. The Kier molecular flexibility index (Phi) is 5.66. The van der Waals surface area contributed by atoms with Gasteiger partial charge >= 0.3 is 0 Å². The molecule has 5 rings (SSSR count). The van der Waals surface area contributed by atoms with Crippen molar-refractivity contribution in [2.24, 2.45) is 0 Å². The lowest BCUT2D eigenvalue weighted by Crippen LogP contribution is -2.50. The molecule has 0 aliphatic carbocycles. The number of hydrogen-bond donors (Lipinski definition) is 0. The molecule has 3 aromatic carbocycles. The number of hydrogen-bond acceptors (Lipinski definition) is 5. The Bertz CT molecular complexity index is 1120. The van der Waals surface area contributed by atoms with Gasteiger partial charge in [0, 0.05) is 24.5 Å². The Morgan fingerprint density at radius 2 is 1.41 bits per heavy atom. The van der Waals surface area contributed by atoms with Gasteiger partial charge in [0.05, 0.1) is 11.6 Å². The van der Waals surface area contributed by atoms with Gasteiger partial charge in [-0.25, -0.2) is 9.87 Å². The molecule has 162 valence electrons. The predicted octanol–water partition coefficient (Wildman–Crippen LogP) is 6.55. The molecule has 2 atom stereocenters. The molecule has 32 heavy (non-hydrogen) atoms. The summed E-state index contributed by atoms with van der Waals surface area (Å²) in [5.74, 6) is -1.11. The first-order chi connectivity index (χ1) is 15.6. The minimum atomic E-state index is -0.963. The molecule has 0 spiro atoms. The van der Waals surface area contributed by atoms with Crippen LogP contribution in [0.4, 0.5) is 0 Å². The van der Waals surface area contributed by atoms with E-state index in [2.05, 4.69) is 41.8 Å². The molecule has 0 N–H and O–H groups in total. The summed E-state index contributed by atoms with van der Waals surface area (Å²) in [6.07, 6.45) is 0.628. The zero-order valence-corrected chi connectivity index (χ0v) is 18.9. The van der Waals surface area contributed by atoms with Gasteiger partial charge in [-0.2, -0.15) is 4.89 Å². The van der Waals surface area contributed by atoms with Crippen LogP contribution in [0.3, 0.4) is 0 Å². The maximum Gasteiger partial charge on any atom is 0.207 e. The molecule has 2 unspecified atom stereocenters. The van der Waals surface area contributed by atoms with Crippen LogP contribution >= 0.6 is 11.3 Å². The van der Waals surface area contributed by atoms with Crippen molar-refractivity contribution in [2.45, 2.75) is 30.7 Å². The van der Waals surface area contributed by atoms with Gasteiger partial charge in [0.2, 0.25) is 5.79 Å². The largest absolute Gasteiger partial charge is 0.350 e. The van der Waals surface area contributed by atoms with Crippen LogP contribution in [0.1, 0.15) is 36.1 Å². The third kappa shape index (κ3) is 3.67. The molecule has 2 heterocycles. The topological polar surface area (TPSA) is 40.6 Å². The van der Waals surface area contributed by atoms with Crippen molar-refractivity contribution in [2.75, 3.05) is 7.11 Å². The van der Waals surface area contributed by atoms with Gasteiger partial charge in [-0.1, -0.05) is 91.0 Å². The van der Waals surface area contributed by atoms with E-state index in [9.17, 15) is 0 Å². The molecule has 4 aromatic rings. The second-order valence-corrected chi connectivity index (χ2v) is 9.00. The molecule has 0 radical (unpaired) electrons. The van der Waals surface area contributed by atoms with Gasteiger partial charge in [-0.3, -0.25) is 0 Å². The van der Waals surface area contributed by atoms with Crippen molar-refractivity contribution in [1.29, 1.82) is 0 Å². The van der Waals surface area contributed by atoms with Crippen molar-refractivity contribution in [3.05, 3.63) is 113 Å². The summed E-state index contributed by atoms with van der Waals surface area (Å²) in [5.41, 5.74) is 3.34. The Morgan fingerprint density at radius 1 is 0.844 bits per heavy atom. The minimum Gasteiger partial charge on any atom is -0.350 e. The average molecular weight is 444 g/mol. The first-order valence-electron chi connectivity index (χ1n) is 10.7. The molecule has 1 fully saturated rings. The van der Waals surface area contributed by atoms with Gasteiger partial charge < -0.3 is 4.74 Å². The van der Waals surface area contributed by atoms with Gasteiger partial charge in [-0.05, 0) is 18.1 Å². The van der Waals surface area contributed by atoms with Crippen molar-refractivity contribution < 1.29 is 14.5 Å². The molecule has 1 aromatic heterocycles. The Balaban J connectivity index is 1.60. The molecule has 0 amide bonds. The summed E-state index contributed by atoms with van der Waals surface area (Å²) in [7, 11) is 1.65. The predicted molar refractivity (Wildman–Crippen MR) is 126 cm³/mol. The lowest BCUT2D eigenvalue weighted by Gasteiger charge is -2.47. The summed E-state index contributed by atoms with van der Waals surface area (Å²) in [6, 6.07) is 30.7. The summed E-state index contributed by atoms with van der Waals surface area (Å²) >= 11 is 1.64. The molecule has 5 heteroatoms. The van der Waals surface area contributed by atoms with E-state index in [0.717, 1.165) is 27.4 Å². The quantitative estimate of drug-likeness (QED) is 0.328. The van der Waals surface area contributed by atoms with Crippen LogP contribution in [-0.4, -0.2) is 17.9 Å². The van der Waals surface area contributed by atoms with Crippen molar-refractivity contribution >= 4 is 11.3 Å². The number of ether oxygens (including phenoxy) is 1. The number of methoxy groups -OCH3 is 1. The highest BCUT2D eigenvalue weighted by Crippen LogP contribution is 2.51. The molecule has 1 aliphatic rings. The summed E-state index contributed by atoms with van der Waals surface area (Å²) in [6.45, 7) is 1.92. The Labute approximate surface area is 192 Å². The standard InChI is InChI=1S/C27H25NO3S/c1-26(29-2)23(24-19-32-25(28-24)20-12-6-3-7-13-20)18-27(31-30-26,21-14-8-4-9-15-21)22-16-10-5-11-17-22/h3-17,19,23H,18H2,1-2H3. The number of nitrogens with zero attached hydrogens (tertiary/aromatic N) is 1. The number of thiazole rings is 1. The first kappa shape index (κ1) is 21.0. The van der Waals surface area contributed by atoms with Crippen molar-refractivity contribution in [3.8, 4) is 10.6 Å². The van der Waals surface area contributed by atoms with Crippen LogP contribution in [0.5, 0.6) is 0 Å². The smallest absolute Gasteiger partial charge is 0.207 e. The molecular formula is C27H25NO3S. The van der Waals surface area contributed by atoms with E-state index in [-0.39, 0.29) is 5.92 Å². The van der Waals surface area contributed by atoms with Gasteiger partial charge in [0.15, 0.2) is 5.60 Å². The van der Waals surface area contributed by atoms with Crippen molar-refractivity contribution in [1.82, 2.24) is 4.98 Å². The highest BCUT2D eigenvalue weighted by Gasteiger charge is 2.53. The third-order valence-electron chi connectivity index (χ3n) is 6.26. The van der Waals surface area contributed by atoms with E-state index in [1.807, 2.05) is 61.5 Å². The number of aromatic nitrogens is 1. The van der Waals surface area contributed by atoms with Gasteiger partial charge in [0.1, 0.15) is 5.01 Å². The first-order valence-corrected chi connectivity index (χ1v) is 11.6. The lowest BCUT2D eigenvalue weighted by molar-refractivity contribution is -0.487. The van der Waals surface area contributed by atoms with Crippen LogP contribution in [0.15, 0.2) is 96.4 Å².